The van der Waals surface area contributed by atoms with Gasteiger partial charge in [0, 0.05) is 6.20 Å². The third kappa shape index (κ3) is 1.64. The van der Waals surface area contributed by atoms with Crippen molar-refractivity contribution in [3.05, 3.63) is 52.3 Å². The number of oxazole rings is 1. The number of nitrogens with zero attached hydrogens (tertiary/aromatic N) is 1. The average Bonchev–Trinajstić information content (AvgIpc) is 2.94. The second kappa shape index (κ2) is 3.60. The predicted molar refractivity (Wildman–Crippen MR) is 61.5 cm³/mol. The smallest absolute Gasteiger partial charge is 0.408 e. The first-order valence-corrected chi connectivity index (χ1v) is 5.11. The van der Waals surface area contributed by atoms with Gasteiger partial charge in [-0.15, -0.1) is 0 Å². The Bertz CT molecular complexity index is 696. The van der Waals surface area contributed by atoms with E-state index in [1.165, 1.54) is 0 Å². The van der Waals surface area contributed by atoms with Crippen molar-refractivity contribution in [3.63, 3.8) is 0 Å². The highest BCUT2D eigenvalue weighted by molar-refractivity contribution is 5.73. The van der Waals surface area contributed by atoms with Gasteiger partial charge in [0.2, 0.25) is 0 Å². The molecule has 6 nitrogen and oxygen atoms in total. The van der Waals surface area contributed by atoms with Crippen LogP contribution in [0.2, 0.25) is 0 Å². The minimum absolute atomic E-state index is 0.317. The Balaban J connectivity index is 2.08. The van der Waals surface area contributed by atoms with Gasteiger partial charge in [-0.2, -0.15) is 5.10 Å². The van der Waals surface area contributed by atoms with Crippen LogP contribution in [0, 0.1) is 0 Å². The van der Waals surface area contributed by atoms with Gasteiger partial charge < -0.3 is 10.2 Å². The molecule has 86 valence electrons. The number of nitrogens with one attached hydrogen (secondary N) is 2. The maximum atomic E-state index is 11.0. The van der Waals surface area contributed by atoms with E-state index in [0.29, 0.717) is 11.1 Å². The molecule has 4 N–H and O–H groups in total. The number of aromatic amines is 2. The molecule has 0 fully saturated rings. The summed E-state index contributed by atoms with van der Waals surface area (Å²) in [7, 11) is 0. The Hall–Kier alpha value is -2.34. The number of nitrogens with two attached hydrogens (primary N) is 1. The van der Waals surface area contributed by atoms with Crippen LogP contribution in [-0.4, -0.2) is 15.2 Å². The number of aromatic nitrogens is 3. The van der Waals surface area contributed by atoms with E-state index in [0.717, 1.165) is 11.3 Å². The van der Waals surface area contributed by atoms with E-state index in [1.807, 2.05) is 12.1 Å². The molecule has 3 aromatic rings. The van der Waals surface area contributed by atoms with Crippen molar-refractivity contribution in [1.29, 1.82) is 0 Å². The normalized spacial score (nSPS) is 13.0. The quantitative estimate of drug-likeness (QED) is 0.608. The fourth-order valence-electron chi connectivity index (χ4n) is 1.77. The van der Waals surface area contributed by atoms with E-state index in [1.54, 1.807) is 18.3 Å². The number of hydrogen-bond acceptors (Lipinski definition) is 4. The minimum Gasteiger partial charge on any atom is -0.408 e. The van der Waals surface area contributed by atoms with Gasteiger partial charge in [-0.05, 0) is 23.8 Å². The topological polar surface area (TPSA) is 101 Å². The Morgan fingerprint density at radius 1 is 1.35 bits per heavy atom. The molecule has 0 radical (unpaired) electrons. The van der Waals surface area contributed by atoms with E-state index in [2.05, 4.69) is 15.2 Å². The van der Waals surface area contributed by atoms with Crippen LogP contribution in [0.15, 0.2) is 39.7 Å². The van der Waals surface area contributed by atoms with Gasteiger partial charge in [-0.1, -0.05) is 6.07 Å². The number of fused-ring (bicyclic) bond motifs is 1. The number of rotatable bonds is 2. The van der Waals surface area contributed by atoms with Crippen molar-refractivity contribution in [1.82, 2.24) is 15.2 Å². The Morgan fingerprint density at radius 3 is 3.00 bits per heavy atom. The molecule has 0 spiro atoms. The zero-order chi connectivity index (χ0) is 11.8. The molecule has 0 amide bonds. The van der Waals surface area contributed by atoms with Gasteiger partial charge in [-0.3, -0.25) is 10.1 Å². The highest BCUT2D eigenvalue weighted by Crippen LogP contribution is 2.20. The van der Waals surface area contributed by atoms with Gasteiger partial charge >= 0.3 is 5.76 Å². The summed E-state index contributed by atoms with van der Waals surface area (Å²) in [4.78, 5) is 13.6. The summed E-state index contributed by atoms with van der Waals surface area (Å²) in [6, 6.07) is 6.86. The van der Waals surface area contributed by atoms with Crippen LogP contribution in [0.25, 0.3) is 11.1 Å². The molecule has 0 aliphatic rings. The molecule has 0 bridgehead atoms. The Kier molecular flexibility index (Phi) is 2.09. The lowest BCUT2D eigenvalue weighted by Crippen LogP contribution is -2.12. The van der Waals surface area contributed by atoms with E-state index in [-0.39, 0.29) is 6.04 Å². The summed E-state index contributed by atoms with van der Waals surface area (Å²) >= 11 is 0. The summed E-state index contributed by atoms with van der Waals surface area (Å²) in [5.74, 6) is -0.465. The van der Waals surface area contributed by atoms with E-state index >= 15 is 0 Å². The van der Waals surface area contributed by atoms with Crippen molar-refractivity contribution in [2.24, 2.45) is 5.73 Å². The molecule has 1 aromatic carbocycles. The third-order valence-electron chi connectivity index (χ3n) is 2.66. The lowest BCUT2D eigenvalue weighted by molar-refractivity contribution is 0.555. The molecule has 17 heavy (non-hydrogen) atoms. The number of benzene rings is 1. The van der Waals surface area contributed by atoms with Crippen molar-refractivity contribution in [2.45, 2.75) is 6.04 Å². The SMILES string of the molecule is NC(c1ccc2[nH]c(=O)oc2c1)c1ccn[nH]1. The fourth-order valence-corrected chi connectivity index (χ4v) is 1.77. The molecule has 1 atom stereocenters. The fraction of sp³-hybridized carbons (Fsp3) is 0.0909. The molecule has 0 aliphatic carbocycles. The molecular formula is C11H10N4O2. The van der Waals surface area contributed by atoms with Crippen molar-refractivity contribution in [3.8, 4) is 0 Å². The summed E-state index contributed by atoms with van der Waals surface area (Å²) in [6.45, 7) is 0. The van der Waals surface area contributed by atoms with Gasteiger partial charge in [0.25, 0.3) is 0 Å². The summed E-state index contributed by atoms with van der Waals surface area (Å²) < 4.78 is 4.98. The monoisotopic (exact) mass is 230 g/mol. The Labute approximate surface area is 95.4 Å². The first kappa shape index (κ1) is 9.86. The molecule has 0 aliphatic heterocycles. The highest BCUT2D eigenvalue weighted by atomic mass is 16.4. The highest BCUT2D eigenvalue weighted by Gasteiger charge is 2.12. The Morgan fingerprint density at radius 2 is 2.24 bits per heavy atom. The van der Waals surface area contributed by atoms with Gasteiger partial charge in [0.05, 0.1) is 17.3 Å². The predicted octanol–water partition coefficient (Wildman–Crippen LogP) is 0.892. The number of H-pyrrole nitrogens is 2. The molecule has 0 saturated carbocycles. The molecule has 3 rings (SSSR count). The zero-order valence-electron chi connectivity index (χ0n) is 8.81. The second-order valence-corrected chi connectivity index (χ2v) is 3.76. The minimum atomic E-state index is -0.465. The molecule has 1 unspecified atom stereocenters. The lowest BCUT2D eigenvalue weighted by Gasteiger charge is -2.08. The molecule has 2 heterocycles. The first-order valence-electron chi connectivity index (χ1n) is 5.11. The van der Waals surface area contributed by atoms with Crippen LogP contribution < -0.4 is 11.5 Å². The van der Waals surface area contributed by atoms with E-state index < -0.39 is 5.76 Å². The number of hydrogen-bond donors (Lipinski definition) is 3. The van der Waals surface area contributed by atoms with Crippen molar-refractivity contribution >= 4 is 11.1 Å². The van der Waals surface area contributed by atoms with Crippen LogP contribution in [-0.2, 0) is 0 Å². The molecule has 6 heteroatoms. The van der Waals surface area contributed by atoms with Crippen LogP contribution in [0.5, 0.6) is 0 Å². The van der Waals surface area contributed by atoms with E-state index in [9.17, 15) is 4.79 Å². The van der Waals surface area contributed by atoms with Crippen LogP contribution in [0.4, 0.5) is 0 Å². The summed E-state index contributed by atoms with van der Waals surface area (Å²) in [5.41, 5.74) is 8.88. The first-order chi connectivity index (χ1) is 8.24. The van der Waals surface area contributed by atoms with Gasteiger partial charge in [-0.25, -0.2) is 4.79 Å². The van der Waals surface area contributed by atoms with Gasteiger partial charge in [0.15, 0.2) is 5.58 Å². The maximum absolute atomic E-state index is 11.0. The zero-order valence-corrected chi connectivity index (χ0v) is 8.81. The average molecular weight is 230 g/mol. The van der Waals surface area contributed by atoms with Crippen LogP contribution in [0.3, 0.4) is 0 Å². The molecule has 2 aromatic heterocycles. The van der Waals surface area contributed by atoms with Crippen molar-refractivity contribution < 1.29 is 4.42 Å². The lowest BCUT2D eigenvalue weighted by atomic mass is 10.0. The van der Waals surface area contributed by atoms with Gasteiger partial charge in [0.1, 0.15) is 0 Å². The van der Waals surface area contributed by atoms with Crippen LogP contribution >= 0.6 is 0 Å². The van der Waals surface area contributed by atoms with Crippen molar-refractivity contribution in [2.75, 3.05) is 0 Å². The summed E-state index contributed by atoms with van der Waals surface area (Å²) in [6.07, 6.45) is 1.64. The van der Waals surface area contributed by atoms with Crippen LogP contribution in [0.1, 0.15) is 17.3 Å². The van der Waals surface area contributed by atoms with E-state index in [4.69, 9.17) is 10.2 Å². The molecular weight excluding hydrogens is 220 g/mol. The second-order valence-electron chi connectivity index (χ2n) is 3.76. The molecule has 0 saturated heterocycles. The summed E-state index contributed by atoms with van der Waals surface area (Å²) in [5, 5.41) is 6.66. The standard InChI is InChI=1S/C11H10N4O2/c12-10(8-3-4-13-15-8)6-1-2-7-9(5-6)17-11(16)14-7/h1-5,10H,12H2,(H,13,15)(H,14,16). The largest absolute Gasteiger partial charge is 0.417 e. The maximum Gasteiger partial charge on any atom is 0.417 e. The third-order valence-corrected chi connectivity index (χ3v) is 2.66.